The Balaban J connectivity index is 5.27. The van der Waals surface area contributed by atoms with Gasteiger partial charge in [-0.05, 0) is 89.9 Å². The van der Waals surface area contributed by atoms with Crippen molar-refractivity contribution >= 4 is 39.5 Å². The Morgan fingerprint density at radius 1 is 0.286 bits per heavy atom. The third-order valence-corrected chi connectivity index (χ3v) is 18.9. The van der Waals surface area contributed by atoms with E-state index in [9.17, 15) is 43.2 Å². The SMILES string of the molecule is CCC/C=C\C/C=C\CCCCCCCC(=O)OC(COC(=O)CCCCCCCCCCCCCCCCC)COP(=O)(O)OCC(O)COP(=O)(O)OCC(COC(=O)CCCCCCCC/C=C\C/C=C\C/C=C\CCCCC)OC(=O)CCCCCCCCCCCCC. The molecule has 0 bridgehead atoms. The zero-order valence-electron chi connectivity index (χ0n) is 62.5. The van der Waals surface area contributed by atoms with Gasteiger partial charge in [0.1, 0.15) is 19.3 Å². The Bertz CT molecular complexity index is 2100. The summed E-state index contributed by atoms with van der Waals surface area (Å²) in [5.41, 5.74) is 0. The summed E-state index contributed by atoms with van der Waals surface area (Å²) < 4.78 is 68.5. The molecular weight excluding hydrogens is 1280 g/mol. The average molecular weight is 1430 g/mol. The molecule has 98 heavy (non-hydrogen) atoms. The van der Waals surface area contributed by atoms with Crippen molar-refractivity contribution in [3.63, 3.8) is 0 Å². The van der Waals surface area contributed by atoms with Crippen molar-refractivity contribution in [2.45, 2.75) is 380 Å². The second-order valence-corrected chi connectivity index (χ2v) is 29.6. The molecule has 0 saturated heterocycles. The van der Waals surface area contributed by atoms with Crippen LogP contribution in [-0.2, 0) is 65.4 Å². The van der Waals surface area contributed by atoms with Gasteiger partial charge in [-0.15, -0.1) is 0 Å². The Labute approximate surface area is 597 Å². The van der Waals surface area contributed by atoms with E-state index in [0.29, 0.717) is 25.7 Å². The standard InChI is InChI=1S/C79H144O17P2/c1-5-9-13-17-21-25-29-32-34-35-36-37-39-42-45-48-52-56-60-64-77(82)89-69-74(95-78(83)65-61-57-53-49-43-28-24-20-16-12-8-4)71-93-97(85,86)91-67-73(80)68-92-98(87,88)94-72-75(96-79(84)66-62-58-54-50-46-40-31-27-23-19-15-11-7-3)70-90-76(81)63-59-55-51-47-44-41-38-33-30-26-22-18-14-10-6-2/h15,19,21,25,27,31-32,34,36-37,73-75,80H,5-14,16-18,20,22-24,26,28-30,33,35,38-72H2,1-4H3,(H,85,86)(H,87,88)/b19-15-,25-21-,31-27-,34-32-,37-36-. The maximum Gasteiger partial charge on any atom is 0.472 e. The van der Waals surface area contributed by atoms with Gasteiger partial charge in [-0.1, -0.05) is 307 Å². The van der Waals surface area contributed by atoms with E-state index in [4.69, 9.17) is 37.0 Å². The van der Waals surface area contributed by atoms with Gasteiger partial charge in [0.05, 0.1) is 26.4 Å². The molecule has 0 spiro atoms. The van der Waals surface area contributed by atoms with E-state index in [2.05, 4.69) is 88.5 Å². The lowest BCUT2D eigenvalue weighted by molar-refractivity contribution is -0.161. The van der Waals surface area contributed by atoms with Gasteiger partial charge in [-0.3, -0.25) is 37.3 Å². The van der Waals surface area contributed by atoms with E-state index in [1.807, 2.05) is 0 Å². The van der Waals surface area contributed by atoms with Gasteiger partial charge in [0.2, 0.25) is 0 Å². The summed E-state index contributed by atoms with van der Waals surface area (Å²) >= 11 is 0. The number of allylic oxidation sites excluding steroid dienone is 10. The minimum Gasteiger partial charge on any atom is -0.462 e. The molecule has 0 aliphatic rings. The van der Waals surface area contributed by atoms with Gasteiger partial charge in [-0.25, -0.2) is 9.13 Å². The molecule has 17 nitrogen and oxygen atoms in total. The van der Waals surface area contributed by atoms with Crippen LogP contribution in [0.15, 0.2) is 60.8 Å². The molecule has 0 aromatic heterocycles. The molecule has 0 heterocycles. The maximum atomic E-state index is 13.1. The summed E-state index contributed by atoms with van der Waals surface area (Å²) in [5, 5.41) is 10.6. The van der Waals surface area contributed by atoms with Crippen LogP contribution in [0.25, 0.3) is 0 Å². The summed E-state index contributed by atoms with van der Waals surface area (Å²) in [6, 6.07) is 0. The average Bonchev–Trinajstić information content (AvgIpc) is 0.982. The lowest BCUT2D eigenvalue weighted by atomic mass is 10.0. The molecular formula is C79H144O17P2. The van der Waals surface area contributed by atoms with E-state index in [-0.39, 0.29) is 25.7 Å². The Morgan fingerprint density at radius 2 is 0.520 bits per heavy atom. The van der Waals surface area contributed by atoms with Crippen LogP contribution < -0.4 is 0 Å². The molecule has 5 unspecified atom stereocenters. The molecule has 19 heteroatoms. The Morgan fingerprint density at radius 3 is 0.827 bits per heavy atom. The fourth-order valence-electron chi connectivity index (χ4n) is 10.9. The molecule has 0 aromatic carbocycles. The summed E-state index contributed by atoms with van der Waals surface area (Å²) in [5.74, 6) is -2.17. The zero-order valence-corrected chi connectivity index (χ0v) is 64.3. The molecule has 5 atom stereocenters. The number of phosphoric ester groups is 2. The number of unbranched alkanes of at least 4 members (excludes halogenated alkanes) is 39. The maximum absolute atomic E-state index is 13.1. The first kappa shape index (κ1) is 94.8. The molecule has 0 radical (unpaired) electrons. The number of esters is 4. The topological polar surface area (TPSA) is 237 Å². The van der Waals surface area contributed by atoms with Gasteiger partial charge in [0.25, 0.3) is 0 Å². The predicted octanol–water partition coefficient (Wildman–Crippen LogP) is 22.7. The first-order valence-corrected chi connectivity index (χ1v) is 42.5. The monoisotopic (exact) mass is 1430 g/mol. The first-order valence-electron chi connectivity index (χ1n) is 39.5. The van der Waals surface area contributed by atoms with Crippen molar-refractivity contribution in [3.05, 3.63) is 60.8 Å². The lowest BCUT2D eigenvalue weighted by Crippen LogP contribution is -2.30. The third kappa shape index (κ3) is 71.2. The second kappa shape index (κ2) is 72.1. The second-order valence-electron chi connectivity index (χ2n) is 26.7. The van der Waals surface area contributed by atoms with Crippen molar-refractivity contribution in [2.24, 2.45) is 0 Å². The number of aliphatic hydroxyl groups is 1. The highest BCUT2D eigenvalue weighted by Gasteiger charge is 2.30. The van der Waals surface area contributed by atoms with Crippen molar-refractivity contribution in [3.8, 4) is 0 Å². The van der Waals surface area contributed by atoms with Crippen LogP contribution in [0.2, 0.25) is 0 Å². The highest BCUT2D eigenvalue weighted by molar-refractivity contribution is 7.47. The van der Waals surface area contributed by atoms with Crippen molar-refractivity contribution in [1.29, 1.82) is 0 Å². The Kier molecular flexibility index (Phi) is 69.7. The van der Waals surface area contributed by atoms with Crippen molar-refractivity contribution in [1.82, 2.24) is 0 Å². The van der Waals surface area contributed by atoms with E-state index in [1.54, 1.807) is 0 Å². The van der Waals surface area contributed by atoms with E-state index < -0.39 is 97.5 Å². The number of phosphoric acid groups is 2. The van der Waals surface area contributed by atoms with Crippen LogP contribution in [0, 0.1) is 0 Å². The molecule has 0 amide bonds. The molecule has 0 aromatic rings. The lowest BCUT2D eigenvalue weighted by Gasteiger charge is -2.21. The van der Waals surface area contributed by atoms with Crippen molar-refractivity contribution < 1.29 is 80.2 Å². The fourth-order valence-corrected chi connectivity index (χ4v) is 12.5. The zero-order chi connectivity index (χ0) is 71.8. The third-order valence-electron chi connectivity index (χ3n) is 17.0. The molecule has 0 rings (SSSR count). The number of carbonyl (C=O) groups is 4. The Hall–Kier alpha value is -3.24. The minimum absolute atomic E-state index is 0.0841. The number of aliphatic hydroxyl groups excluding tert-OH is 1. The van der Waals surface area contributed by atoms with Crippen LogP contribution in [0.1, 0.15) is 362 Å². The highest BCUT2D eigenvalue weighted by atomic mass is 31.2. The van der Waals surface area contributed by atoms with Crippen LogP contribution in [0.5, 0.6) is 0 Å². The molecule has 3 N–H and O–H groups in total. The normalized spacial score (nSPS) is 14.2. The van der Waals surface area contributed by atoms with E-state index in [0.717, 1.165) is 154 Å². The van der Waals surface area contributed by atoms with Gasteiger partial charge in [0.15, 0.2) is 12.2 Å². The molecule has 0 fully saturated rings. The van der Waals surface area contributed by atoms with Crippen LogP contribution in [-0.4, -0.2) is 96.7 Å². The van der Waals surface area contributed by atoms with Gasteiger partial charge in [0, 0.05) is 25.7 Å². The summed E-state index contributed by atoms with van der Waals surface area (Å²) in [7, 11) is -9.94. The minimum atomic E-state index is -4.97. The summed E-state index contributed by atoms with van der Waals surface area (Å²) in [6.45, 7) is 4.81. The van der Waals surface area contributed by atoms with E-state index >= 15 is 0 Å². The highest BCUT2D eigenvalue weighted by Crippen LogP contribution is 2.45. The number of carbonyl (C=O) groups excluding carboxylic acids is 4. The first-order chi connectivity index (χ1) is 47.7. The fraction of sp³-hybridized carbons (Fsp3) is 0.823. The number of ether oxygens (including phenoxy) is 4. The summed E-state index contributed by atoms with van der Waals surface area (Å²) in [6.07, 6.45) is 70.6. The summed E-state index contributed by atoms with van der Waals surface area (Å²) in [4.78, 5) is 72.9. The molecule has 0 aliphatic carbocycles. The number of rotatable bonds is 75. The van der Waals surface area contributed by atoms with Crippen LogP contribution in [0.3, 0.4) is 0 Å². The number of hydrogen-bond donors (Lipinski definition) is 3. The van der Waals surface area contributed by atoms with Gasteiger partial charge in [-0.2, -0.15) is 0 Å². The van der Waals surface area contributed by atoms with Gasteiger partial charge >= 0.3 is 39.5 Å². The largest absolute Gasteiger partial charge is 0.472 e. The molecule has 0 saturated carbocycles. The van der Waals surface area contributed by atoms with Crippen LogP contribution in [0.4, 0.5) is 0 Å². The smallest absolute Gasteiger partial charge is 0.462 e. The molecule has 572 valence electrons. The molecule has 0 aliphatic heterocycles. The quantitative estimate of drug-likeness (QED) is 0.0169. The van der Waals surface area contributed by atoms with Crippen molar-refractivity contribution in [2.75, 3.05) is 39.6 Å². The van der Waals surface area contributed by atoms with E-state index in [1.165, 1.54) is 128 Å². The number of hydrogen-bond acceptors (Lipinski definition) is 15. The van der Waals surface area contributed by atoms with Crippen LogP contribution >= 0.6 is 15.6 Å². The van der Waals surface area contributed by atoms with Gasteiger partial charge < -0.3 is 33.8 Å². The predicted molar refractivity (Wildman–Crippen MR) is 400 cm³/mol.